The number of carbonyl (C=O) groups is 2. The van der Waals surface area contributed by atoms with E-state index in [0.717, 1.165) is 3.79 Å². The smallest absolute Gasteiger partial charge is 0.279 e. The molecular weight excluding hydrogens is 382 g/mol. The van der Waals surface area contributed by atoms with Crippen LogP contribution in [0, 0.1) is 11.3 Å². The molecule has 0 radical (unpaired) electrons. The van der Waals surface area contributed by atoms with Gasteiger partial charge >= 0.3 is 0 Å². The molecule has 0 fully saturated rings. The van der Waals surface area contributed by atoms with E-state index in [1.165, 1.54) is 11.3 Å². The van der Waals surface area contributed by atoms with Crippen molar-refractivity contribution >= 4 is 39.1 Å². The maximum atomic E-state index is 11.9. The van der Waals surface area contributed by atoms with E-state index in [1.807, 2.05) is 6.07 Å². The number of hydrogen-bond acceptors (Lipinski definition) is 5. The first-order valence-corrected chi connectivity index (χ1v) is 8.13. The lowest BCUT2D eigenvalue weighted by molar-refractivity contribution is -0.128. The van der Waals surface area contributed by atoms with Crippen LogP contribution in [0.2, 0.25) is 0 Å². The zero-order valence-corrected chi connectivity index (χ0v) is 14.4. The summed E-state index contributed by atoms with van der Waals surface area (Å²) >= 11 is 4.52. The number of nitriles is 1. The first-order valence-electron chi connectivity index (χ1n) is 6.52. The van der Waals surface area contributed by atoms with E-state index < -0.39 is 17.9 Å². The molecule has 0 saturated carbocycles. The normalized spacial score (nSPS) is 11.2. The maximum absolute atomic E-state index is 11.9. The quantitative estimate of drug-likeness (QED) is 0.780. The molecule has 1 aromatic heterocycles. The molecule has 1 aromatic carbocycles. The molecule has 0 aliphatic heterocycles. The van der Waals surface area contributed by atoms with E-state index in [9.17, 15) is 9.59 Å². The third-order valence-electron chi connectivity index (χ3n) is 2.76. The van der Waals surface area contributed by atoms with Gasteiger partial charge in [0.2, 0.25) is 0 Å². The highest BCUT2D eigenvalue weighted by atomic mass is 79.9. The van der Waals surface area contributed by atoms with Crippen LogP contribution in [0.3, 0.4) is 0 Å². The van der Waals surface area contributed by atoms with Gasteiger partial charge in [0.1, 0.15) is 5.75 Å². The lowest BCUT2D eigenvalue weighted by Crippen LogP contribution is -2.47. The number of halogens is 1. The van der Waals surface area contributed by atoms with Crippen LogP contribution in [0.25, 0.3) is 0 Å². The van der Waals surface area contributed by atoms with Crippen LogP contribution in [0.4, 0.5) is 0 Å². The van der Waals surface area contributed by atoms with Crippen molar-refractivity contribution in [2.45, 2.75) is 13.0 Å². The molecule has 2 rings (SSSR count). The predicted octanol–water partition coefficient (Wildman–Crippen LogP) is 2.61. The third kappa shape index (κ3) is 4.81. The topological polar surface area (TPSA) is 91.2 Å². The van der Waals surface area contributed by atoms with Crippen LogP contribution < -0.4 is 15.6 Å². The number of hydrazine groups is 1. The fourth-order valence-electron chi connectivity index (χ4n) is 1.58. The number of nitrogens with one attached hydrogen (secondary N) is 2. The van der Waals surface area contributed by atoms with Crippen LogP contribution in [-0.4, -0.2) is 17.9 Å². The number of amides is 2. The molecule has 0 spiro atoms. The SMILES string of the molecule is CC(Oc1ccc(C#N)cc1)C(=O)NNC(=O)c1ccc(Br)s1. The number of rotatable bonds is 4. The van der Waals surface area contributed by atoms with Crippen LogP contribution in [0.5, 0.6) is 5.75 Å². The fourth-order valence-corrected chi connectivity index (χ4v) is 2.86. The number of hydrogen-bond donors (Lipinski definition) is 2. The van der Waals surface area contributed by atoms with Crippen LogP contribution in [0.15, 0.2) is 40.2 Å². The number of ether oxygens (including phenoxy) is 1. The molecule has 1 atom stereocenters. The van der Waals surface area contributed by atoms with Gasteiger partial charge in [-0.25, -0.2) is 0 Å². The predicted molar refractivity (Wildman–Crippen MR) is 88.9 cm³/mol. The van der Waals surface area contributed by atoms with E-state index >= 15 is 0 Å². The average Bonchev–Trinajstić information content (AvgIpc) is 2.99. The number of thiophene rings is 1. The average molecular weight is 394 g/mol. The third-order valence-corrected chi connectivity index (χ3v) is 4.38. The van der Waals surface area contributed by atoms with E-state index in [1.54, 1.807) is 43.3 Å². The Morgan fingerprint density at radius 1 is 1.22 bits per heavy atom. The Balaban J connectivity index is 1.84. The second kappa shape index (κ2) is 7.76. The molecule has 23 heavy (non-hydrogen) atoms. The van der Waals surface area contributed by atoms with Crippen molar-refractivity contribution < 1.29 is 14.3 Å². The number of benzene rings is 1. The van der Waals surface area contributed by atoms with Gasteiger partial charge in [0.05, 0.1) is 20.3 Å². The summed E-state index contributed by atoms with van der Waals surface area (Å²) in [7, 11) is 0. The van der Waals surface area contributed by atoms with Crippen LogP contribution in [-0.2, 0) is 4.79 Å². The van der Waals surface area contributed by atoms with E-state index in [0.29, 0.717) is 16.2 Å². The summed E-state index contributed by atoms with van der Waals surface area (Å²) < 4.78 is 6.27. The van der Waals surface area contributed by atoms with E-state index in [2.05, 4.69) is 26.8 Å². The van der Waals surface area contributed by atoms with Crippen LogP contribution in [0.1, 0.15) is 22.2 Å². The summed E-state index contributed by atoms with van der Waals surface area (Å²) in [5, 5.41) is 8.72. The van der Waals surface area contributed by atoms with E-state index in [4.69, 9.17) is 10.00 Å². The maximum Gasteiger partial charge on any atom is 0.279 e. The Morgan fingerprint density at radius 2 is 1.91 bits per heavy atom. The van der Waals surface area contributed by atoms with Crippen molar-refractivity contribution in [3.05, 3.63) is 50.6 Å². The standard InChI is InChI=1S/C15H12BrN3O3S/c1-9(22-11-4-2-10(8-17)3-5-11)14(20)18-19-15(21)12-6-7-13(16)23-12/h2-7,9H,1H3,(H,18,20)(H,19,21). The van der Waals surface area contributed by atoms with Gasteiger partial charge in [-0.05, 0) is 59.3 Å². The van der Waals surface area contributed by atoms with Crippen LogP contribution >= 0.6 is 27.3 Å². The molecule has 118 valence electrons. The van der Waals surface area contributed by atoms with Crippen molar-refractivity contribution in [1.29, 1.82) is 5.26 Å². The summed E-state index contributed by atoms with van der Waals surface area (Å²) in [5.74, 6) is -0.432. The Labute approximate surface area is 145 Å². The second-order valence-corrected chi connectivity index (χ2v) is 6.91. The van der Waals surface area contributed by atoms with Gasteiger partial charge in [0.25, 0.3) is 11.8 Å². The van der Waals surface area contributed by atoms with Crippen molar-refractivity contribution in [3.8, 4) is 11.8 Å². The van der Waals surface area contributed by atoms with Gasteiger partial charge in [-0.3, -0.25) is 20.4 Å². The number of carbonyl (C=O) groups excluding carboxylic acids is 2. The van der Waals surface area contributed by atoms with Gasteiger partial charge in [-0.15, -0.1) is 11.3 Å². The summed E-state index contributed by atoms with van der Waals surface area (Å²) in [5.41, 5.74) is 5.14. The molecule has 0 saturated heterocycles. The second-order valence-electron chi connectivity index (χ2n) is 4.44. The Bertz CT molecular complexity index is 752. The van der Waals surface area contributed by atoms with Gasteiger partial charge < -0.3 is 4.74 Å². The molecule has 1 unspecified atom stereocenters. The Morgan fingerprint density at radius 3 is 2.48 bits per heavy atom. The highest BCUT2D eigenvalue weighted by Crippen LogP contribution is 2.21. The lowest BCUT2D eigenvalue weighted by atomic mass is 10.2. The summed E-state index contributed by atoms with van der Waals surface area (Å²) in [6.07, 6.45) is -0.807. The molecule has 0 aliphatic rings. The molecule has 1 heterocycles. The molecule has 2 N–H and O–H groups in total. The molecule has 6 nitrogen and oxygen atoms in total. The minimum atomic E-state index is -0.807. The Hall–Kier alpha value is -2.37. The molecule has 2 aromatic rings. The van der Waals surface area contributed by atoms with Gasteiger partial charge in [-0.1, -0.05) is 0 Å². The van der Waals surface area contributed by atoms with Gasteiger partial charge in [-0.2, -0.15) is 5.26 Å². The minimum absolute atomic E-state index is 0.403. The summed E-state index contributed by atoms with van der Waals surface area (Å²) in [6, 6.07) is 11.8. The van der Waals surface area contributed by atoms with Gasteiger partial charge in [0, 0.05) is 0 Å². The van der Waals surface area contributed by atoms with Crippen molar-refractivity contribution in [2.24, 2.45) is 0 Å². The van der Waals surface area contributed by atoms with Gasteiger partial charge in [0.15, 0.2) is 6.10 Å². The number of nitrogens with zero attached hydrogens (tertiary/aromatic N) is 1. The molecule has 0 aliphatic carbocycles. The van der Waals surface area contributed by atoms with Crippen molar-refractivity contribution in [1.82, 2.24) is 10.9 Å². The molecule has 8 heteroatoms. The first kappa shape index (κ1) is 17.0. The van der Waals surface area contributed by atoms with Crippen molar-refractivity contribution in [2.75, 3.05) is 0 Å². The van der Waals surface area contributed by atoms with E-state index in [-0.39, 0.29) is 0 Å². The Kier molecular flexibility index (Phi) is 5.73. The first-order chi connectivity index (χ1) is 11.0. The summed E-state index contributed by atoms with van der Waals surface area (Å²) in [4.78, 5) is 24.2. The summed E-state index contributed by atoms with van der Waals surface area (Å²) in [6.45, 7) is 1.56. The molecule has 2 amide bonds. The molecule has 0 bridgehead atoms. The highest BCUT2D eigenvalue weighted by molar-refractivity contribution is 9.11. The molecular formula is C15H12BrN3O3S. The lowest BCUT2D eigenvalue weighted by Gasteiger charge is -2.14. The minimum Gasteiger partial charge on any atom is -0.481 e. The zero-order valence-electron chi connectivity index (χ0n) is 12.0. The highest BCUT2D eigenvalue weighted by Gasteiger charge is 2.16. The monoisotopic (exact) mass is 393 g/mol. The zero-order chi connectivity index (χ0) is 16.8. The largest absolute Gasteiger partial charge is 0.481 e. The van der Waals surface area contributed by atoms with Crippen molar-refractivity contribution in [3.63, 3.8) is 0 Å². The fraction of sp³-hybridized carbons (Fsp3) is 0.133.